The van der Waals surface area contributed by atoms with Gasteiger partial charge in [0.2, 0.25) is 0 Å². The minimum atomic E-state index is 0.0273. The number of carbonyl (C=O) groups excluding carboxylic acids is 2. The first kappa shape index (κ1) is 22.2. The molecule has 6 nitrogen and oxygen atoms in total. The SMILES string of the molecule is CCCN1CC(NC(=O)N(CC)CC)C[C@@H]2c3cc(C=O)cc4[nH]c(SC)c(c34)C[C@H]21. The highest BCUT2D eigenvalue weighted by atomic mass is 32.2. The van der Waals surface area contributed by atoms with Crippen LogP contribution in [0.15, 0.2) is 17.2 Å². The van der Waals surface area contributed by atoms with Crippen LogP contribution in [0.25, 0.3) is 10.9 Å². The lowest BCUT2D eigenvalue weighted by atomic mass is 9.73. The van der Waals surface area contributed by atoms with Gasteiger partial charge in [0.15, 0.2) is 0 Å². The maximum absolute atomic E-state index is 12.8. The fourth-order valence-corrected chi connectivity index (χ4v) is 6.26. The second-order valence-corrected chi connectivity index (χ2v) is 9.53. The number of urea groups is 1. The fraction of sp³-hybridized carbons (Fsp3) is 0.583. The molecule has 0 spiro atoms. The van der Waals surface area contributed by atoms with Crippen LogP contribution in [0.5, 0.6) is 0 Å². The Morgan fingerprint density at radius 1 is 1.32 bits per heavy atom. The van der Waals surface area contributed by atoms with E-state index in [9.17, 15) is 9.59 Å². The molecule has 2 heterocycles. The Bertz CT molecular complexity index is 968. The van der Waals surface area contributed by atoms with Crippen LogP contribution in [0.3, 0.4) is 0 Å². The molecule has 0 bridgehead atoms. The van der Waals surface area contributed by atoms with Gasteiger partial charge in [-0.3, -0.25) is 9.69 Å². The number of aromatic nitrogens is 1. The van der Waals surface area contributed by atoms with Crippen LogP contribution in [-0.2, 0) is 6.42 Å². The van der Waals surface area contributed by atoms with E-state index < -0.39 is 0 Å². The molecule has 1 unspecified atom stereocenters. The fourth-order valence-electron chi connectivity index (χ4n) is 5.62. The summed E-state index contributed by atoms with van der Waals surface area (Å²) in [6.07, 6.45) is 6.07. The summed E-state index contributed by atoms with van der Waals surface area (Å²) in [5.41, 5.74) is 4.45. The number of likely N-dealkylation sites (tertiary alicyclic amines) is 1. The average Bonchev–Trinajstić information content (AvgIpc) is 3.13. The third-order valence-electron chi connectivity index (χ3n) is 6.98. The van der Waals surface area contributed by atoms with E-state index in [0.29, 0.717) is 25.0 Å². The summed E-state index contributed by atoms with van der Waals surface area (Å²) < 4.78 is 0. The van der Waals surface area contributed by atoms with E-state index in [2.05, 4.69) is 34.4 Å². The van der Waals surface area contributed by atoms with E-state index in [1.54, 1.807) is 11.8 Å². The van der Waals surface area contributed by atoms with Gasteiger partial charge in [0.25, 0.3) is 0 Å². The van der Waals surface area contributed by atoms with Gasteiger partial charge >= 0.3 is 6.03 Å². The number of amides is 2. The van der Waals surface area contributed by atoms with E-state index in [1.165, 1.54) is 21.5 Å². The van der Waals surface area contributed by atoms with E-state index in [1.807, 2.05) is 24.8 Å². The number of aromatic amines is 1. The van der Waals surface area contributed by atoms with Crippen molar-refractivity contribution in [2.75, 3.05) is 32.4 Å². The molecule has 1 aromatic heterocycles. The summed E-state index contributed by atoms with van der Waals surface area (Å²) in [6.45, 7) is 9.58. The normalized spacial score (nSPS) is 22.9. The Hall–Kier alpha value is -1.99. The minimum Gasteiger partial charge on any atom is -0.349 e. The third-order valence-corrected chi connectivity index (χ3v) is 7.74. The monoisotopic (exact) mass is 442 g/mol. The van der Waals surface area contributed by atoms with Gasteiger partial charge in [-0.05, 0) is 69.2 Å². The van der Waals surface area contributed by atoms with Gasteiger partial charge in [0, 0.05) is 54.1 Å². The van der Waals surface area contributed by atoms with Crippen molar-refractivity contribution in [3.63, 3.8) is 0 Å². The quantitative estimate of drug-likeness (QED) is 0.497. The van der Waals surface area contributed by atoms with Crippen molar-refractivity contribution in [1.29, 1.82) is 0 Å². The molecule has 1 aliphatic heterocycles. The Morgan fingerprint density at radius 3 is 2.74 bits per heavy atom. The zero-order valence-corrected chi connectivity index (χ0v) is 19.8. The van der Waals surface area contributed by atoms with Crippen molar-refractivity contribution < 1.29 is 9.59 Å². The number of H-pyrrole nitrogens is 1. The molecule has 7 heteroatoms. The number of piperidine rings is 1. The first-order valence-corrected chi connectivity index (χ1v) is 12.7. The largest absolute Gasteiger partial charge is 0.349 e. The van der Waals surface area contributed by atoms with Gasteiger partial charge in [-0.1, -0.05) is 6.92 Å². The topological polar surface area (TPSA) is 68.4 Å². The first-order chi connectivity index (χ1) is 15.0. The van der Waals surface area contributed by atoms with Crippen molar-refractivity contribution in [3.8, 4) is 0 Å². The molecule has 2 aliphatic rings. The summed E-state index contributed by atoms with van der Waals surface area (Å²) in [4.78, 5) is 32.4. The molecule has 0 radical (unpaired) electrons. The highest BCUT2D eigenvalue weighted by Crippen LogP contribution is 2.46. The predicted octanol–water partition coefficient (Wildman–Crippen LogP) is 4.25. The first-order valence-electron chi connectivity index (χ1n) is 11.5. The maximum Gasteiger partial charge on any atom is 0.317 e. The smallest absolute Gasteiger partial charge is 0.317 e. The molecule has 1 fully saturated rings. The van der Waals surface area contributed by atoms with Gasteiger partial charge in [-0.25, -0.2) is 4.79 Å². The molecule has 31 heavy (non-hydrogen) atoms. The molecule has 1 aromatic carbocycles. The number of fused-ring (bicyclic) bond motifs is 2. The maximum atomic E-state index is 12.8. The van der Waals surface area contributed by atoms with Crippen LogP contribution < -0.4 is 5.32 Å². The third kappa shape index (κ3) is 3.98. The van der Waals surface area contributed by atoms with Gasteiger partial charge in [0.05, 0.1) is 5.03 Å². The number of rotatable bonds is 7. The number of carbonyl (C=O) groups is 2. The molecule has 2 N–H and O–H groups in total. The molecule has 0 saturated carbocycles. The number of thioether (sulfide) groups is 1. The van der Waals surface area contributed by atoms with Gasteiger partial charge in [-0.2, -0.15) is 0 Å². The van der Waals surface area contributed by atoms with E-state index in [-0.39, 0.29) is 12.1 Å². The highest BCUT2D eigenvalue weighted by Gasteiger charge is 2.42. The van der Waals surface area contributed by atoms with Crippen LogP contribution in [0.2, 0.25) is 0 Å². The molecule has 2 aromatic rings. The van der Waals surface area contributed by atoms with Crippen molar-refractivity contribution in [2.24, 2.45) is 0 Å². The molecule has 3 atom stereocenters. The van der Waals surface area contributed by atoms with Crippen LogP contribution >= 0.6 is 11.8 Å². The van der Waals surface area contributed by atoms with E-state index >= 15 is 0 Å². The number of nitrogens with one attached hydrogen (secondary N) is 2. The summed E-state index contributed by atoms with van der Waals surface area (Å²) in [5, 5.41) is 5.82. The summed E-state index contributed by atoms with van der Waals surface area (Å²) in [6, 6.07) is 4.60. The molecule has 2 amide bonds. The molecular formula is C24H34N4O2S. The molecule has 1 saturated heterocycles. The Balaban J connectivity index is 1.73. The highest BCUT2D eigenvalue weighted by molar-refractivity contribution is 7.98. The van der Waals surface area contributed by atoms with Crippen LogP contribution in [0.1, 0.15) is 61.0 Å². The number of hydrogen-bond donors (Lipinski definition) is 2. The standard InChI is InChI=1S/C24H34N4O2S/c1-5-8-28-13-16(25-24(30)27(6-2)7-3)11-17-18-9-15(14-29)10-20-22(18)19(12-21(17)28)23(26-20)31-4/h9-10,14,16-17,21,26H,5-8,11-13H2,1-4H3,(H,25,30)/t16?,17-,21-/m1/s1. The Morgan fingerprint density at radius 2 is 2.10 bits per heavy atom. The Labute approximate surface area is 189 Å². The van der Waals surface area contributed by atoms with Gasteiger partial charge in [-0.15, -0.1) is 11.8 Å². The average molecular weight is 443 g/mol. The number of benzene rings is 1. The lowest BCUT2D eigenvalue weighted by molar-refractivity contribution is 0.0975. The predicted molar refractivity (Wildman–Crippen MR) is 127 cm³/mol. The summed E-state index contributed by atoms with van der Waals surface area (Å²) in [7, 11) is 0. The minimum absolute atomic E-state index is 0.0273. The van der Waals surface area contributed by atoms with E-state index in [4.69, 9.17) is 0 Å². The van der Waals surface area contributed by atoms with Crippen molar-refractivity contribution in [1.82, 2.24) is 20.1 Å². The summed E-state index contributed by atoms with van der Waals surface area (Å²) in [5.74, 6) is 0.308. The lowest BCUT2D eigenvalue weighted by Crippen LogP contribution is -2.57. The number of aldehydes is 1. The van der Waals surface area contributed by atoms with Gasteiger partial charge in [0.1, 0.15) is 6.29 Å². The molecular weight excluding hydrogens is 408 g/mol. The Kier molecular flexibility index (Phi) is 6.63. The van der Waals surface area contributed by atoms with Crippen LogP contribution in [0, 0.1) is 0 Å². The zero-order valence-electron chi connectivity index (χ0n) is 19.0. The van der Waals surface area contributed by atoms with Crippen molar-refractivity contribution in [3.05, 3.63) is 28.8 Å². The molecule has 1 aliphatic carbocycles. The lowest BCUT2D eigenvalue weighted by Gasteiger charge is -2.47. The van der Waals surface area contributed by atoms with Crippen molar-refractivity contribution >= 4 is 35.0 Å². The molecule has 168 valence electrons. The second kappa shape index (κ2) is 9.25. The van der Waals surface area contributed by atoms with Crippen molar-refractivity contribution in [2.45, 2.75) is 63.1 Å². The zero-order chi connectivity index (χ0) is 22.1. The van der Waals surface area contributed by atoms with Gasteiger partial charge < -0.3 is 15.2 Å². The second-order valence-electron chi connectivity index (χ2n) is 8.71. The van der Waals surface area contributed by atoms with Crippen LogP contribution in [0.4, 0.5) is 4.79 Å². The summed E-state index contributed by atoms with van der Waals surface area (Å²) >= 11 is 1.75. The number of hydrogen-bond acceptors (Lipinski definition) is 4. The van der Waals surface area contributed by atoms with E-state index in [0.717, 1.165) is 49.7 Å². The molecule has 4 rings (SSSR count). The van der Waals surface area contributed by atoms with Crippen LogP contribution in [-0.4, -0.2) is 71.6 Å². The number of nitrogens with zero attached hydrogens (tertiary/aromatic N) is 2.